The molecule has 1 aliphatic carbocycles. The minimum absolute atomic E-state index is 0.430. The van der Waals surface area contributed by atoms with Crippen LogP contribution >= 0.6 is 11.6 Å². The Morgan fingerprint density at radius 2 is 2.64 bits per heavy atom. The van der Waals surface area contributed by atoms with Gasteiger partial charge in [-0.15, -0.1) is 0 Å². The molecule has 0 saturated carbocycles. The fourth-order valence-corrected chi connectivity index (χ4v) is 1.17. The SMILES string of the molecule is O=C=CCC1C=CC(Cl)=CC1. The van der Waals surface area contributed by atoms with Crippen LogP contribution in [0, 0.1) is 5.92 Å². The molecule has 0 N–H and O–H groups in total. The van der Waals surface area contributed by atoms with Crippen molar-refractivity contribution in [3.8, 4) is 0 Å². The highest BCUT2D eigenvalue weighted by Gasteiger charge is 2.05. The highest BCUT2D eigenvalue weighted by molar-refractivity contribution is 6.31. The van der Waals surface area contributed by atoms with Gasteiger partial charge < -0.3 is 0 Å². The van der Waals surface area contributed by atoms with Crippen molar-refractivity contribution in [3.63, 3.8) is 0 Å². The largest absolute Gasteiger partial charge is 0.234 e. The lowest BCUT2D eigenvalue weighted by Gasteiger charge is -2.09. The van der Waals surface area contributed by atoms with E-state index in [-0.39, 0.29) is 0 Å². The lowest BCUT2D eigenvalue weighted by molar-refractivity contribution is 0.566. The molecular weight excluding hydrogens is 160 g/mol. The molecule has 2 heteroatoms. The molecule has 1 aliphatic rings. The predicted molar refractivity (Wildman–Crippen MR) is 46.1 cm³/mol. The van der Waals surface area contributed by atoms with Crippen LogP contribution in [0.4, 0.5) is 0 Å². The fourth-order valence-electron chi connectivity index (χ4n) is 1.01. The summed E-state index contributed by atoms with van der Waals surface area (Å²) in [6, 6.07) is 0. The first-order chi connectivity index (χ1) is 5.33. The molecule has 0 aromatic carbocycles. The Labute approximate surface area is 71.0 Å². The minimum Gasteiger partial charge on any atom is -0.234 e. The predicted octanol–water partition coefficient (Wildman–Crippen LogP) is 2.46. The van der Waals surface area contributed by atoms with Crippen LogP contribution in [0.2, 0.25) is 0 Å². The van der Waals surface area contributed by atoms with Gasteiger partial charge in [0.15, 0.2) is 0 Å². The monoisotopic (exact) mass is 168 g/mol. The maximum atomic E-state index is 9.87. The molecule has 0 aromatic heterocycles. The highest BCUT2D eigenvalue weighted by Crippen LogP contribution is 2.20. The molecule has 0 amide bonds. The van der Waals surface area contributed by atoms with E-state index >= 15 is 0 Å². The molecule has 1 unspecified atom stereocenters. The van der Waals surface area contributed by atoms with Gasteiger partial charge in [-0.1, -0.05) is 23.8 Å². The summed E-state index contributed by atoms with van der Waals surface area (Å²) in [5.41, 5.74) is 0. The Bertz CT molecular complexity index is 234. The zero-order valence-electron chi connectivity index (χ0n) is 6.09. The molecule has 1 atom stereocenters. The van der Waals surface area contributed by atoms with Gasteiger partial charge in [0.25, 0.3) is 0 Å². The van der Waals surface area contributed by atoms with E-state index in [1.165, 1.54) is 6.08 Å². The number of halogens is 1. The second kappa shape index (κ2) is 4.17. The molecule has 0 saturated heterocycles. The highest BCUT2D eigenvalue weighted by atomic mass is 35.5. The van der Waals surface area contributed by atoms with Crippen LogP contribution < -0.4 is 0 Å². The third-order valence-corrected chi connectivity index (χ3v) is 1.93. The minimum atomic E-state index is 0.430. The van der Waals surface area contributed by atoms with Crippen LogP contribution in [0.1, 0.15) is 12.8 Å². The second-order valence-corrected chi connectivity index (χ2v) is 2.94. The molecule has 0 fully saturated rings. The summed E-state index contributed by atoms with van der Waals surface area (Å²) in [6.07, 6.45) is 9.06. The summed E-state index contributed by atoms with van der Waals surface area (Å²) in [5, 5.41) is 0.788. The number of rotatable bonds is 2. The van der Waals surface area contributed by atoms with Crippen LogP contribution in [0.3, 0.4) is 0 Å². The maximum Gasteiger partial charge on any atom is 0.120 e. The number of hydrogen-bond donors (Lipinski definition) is 0. The van der Waals surface area contributed by atoms with Gasteiger partial charge in [0, 0.05) is 11.1 Å². The Hall–Kier alpha value is -0.780. The first-order valence-electron chi connectivity index (χ1n) is 3.56. The van der Waals surface area contributed by atoms with E-state index in [1.54, 1.807) is 5.94 Å². The average Bonchev–Trinajstić information content (AvgIpc) is 2.04. The van der Waals surface area contributed by atoms with Crippen LogP contribution in [-0.4, -0.2) is 5.94 Å². The quantitative estimate of drug-likeness (QED) is 0.579. The molecule has 0 bridgehead atoms. The van der Waals surface area contributed by atoms with E-state index < -0.39 is 0 Å². The number of carbonyl (C=O) groups excluding carboxylic acids is 1. The molecular formula is C9H9ClO. The van der Waals surface area contributed by atoms with E-state index in [0.29, 0.717) is 5.92 Å². The van der Waals surface area contributed by atoms with E-state index in [1.807, 2.05) is 18.2 Å². The summed E-state index contributed by atoms with van der Waals surface area (Å²) in [4.78, 5) is 9.87. The third-order valence-electron chi connectivity index (χ3n) is 1.65. The van der Waals surface area contributed by atoms with Gasteiger partial charge in [-0.2, -0.15) is 0 Å². The second-order valence-electron chi connectivity index (χ2n) is 2.50. The molecule has 58 valence electrons. The standard InChI is InChI=1S/C9H9ClO/c10-9-5-3-8(4-6-9)2-1-7-11/h1,3,5-6,8H,2,4H2. The Balaban J connectivity index is 2.42. The van der Waals surface area contributed by atoms with Crippen LogP contribution in [0.5, 0.6) is 0 Å². The zero-order valence-corrected chi connectivity index (χ0v) is 6.84. The van der Waals surface area contributed by atoms with Gasteiger partial charge >= 0.3 is 0 Å². The van der Waals surface area contributed by atoms with Gasteiger partial charge in [-0.05, 0) is 24.8 Å². The lowest BCUT2D eigenvalue weighted by atomic mass is 9.97. The number of hydrogen-bond acceptors (Lipinski definition) is 1. The Morgan fingerprint density at radius 3 is 3.18 bits per heavy atom. The van der Waals surface area contributed by atoms with Gasteiger partial charge in [0.1, 0.15) is 5.94 Å². The molecule has 0 radical (unpaired) electrons. The van der Waals surface area contributed by atoms with Crippen molar-refractivity contribution in [1.29, 1.82) is 0 Å². The van der Waals surface area contributed by atoms with E-state index in [2.05, 4.69) is 0 Å². The molecule has 11 heavy (non-hydrogen) atoms. The molecule has 0 aromatic rings. The van der Waals surface area contributed by atoms with Crippen molar-refractivity contribution in [2.24, 2.45) is 5.92 Å². The third kappa shape index (κ3) is 2.75. The maximum absolute atomic E-state index is 9.87. The van der Waals surface area contributed by atoms with Gasteiger partial charge in [0.2, 0.25) is 0 Å². The van der Waals surface area contributed by atoms with Crippen molar-refractivity contribution in [1.82, 2.24) is 0 Å². The average molecular weight is 169 g/mol. The van der Waals surface area contributed by atoms with E-state index in [4.69, 9.17) is 11.6 Å². The smallest absolute Gasteiger partial charge is 0.120 e. The number of allylic oxidation sites excluding steroid dienone is 5. The first-order valence-corrected chi connectivity index (χ1v) is 3.94. The van der Waals surface area contributed by atoms with Crippen LogP contribution in [0.15, 0.2) is 29.3 Å². The van der Waals surface area contributed by atoms with Crippen molar-refractivity contribution in [2.45, 2.75) is 12.8 Å². The van der Waals surface area contributed by atoms with Gasteiger partial charge in [-0.25, -0.2) is 4.79 Å². The molecule has 1 nitrogen and oxygen atoms in total. The van der Waals surface area contributed by atoms with Crippen LogP contribution in [-0.2, 0) is 4.79 Å². The summed E-state index contributed by atoms with van der Waals surface area (Å²) >= 11 is 5.70. The van der Waals surface area contributed by atoms with Crippen molar-refractivity contribution in [2.75, 3.05) is 0 Å². The Morgan fingerprint density at radius 1 is 1.82 bits per heavy atom. The molecule has 0 spiro atoms. The molecule has 1 rings (SSSR count). The van der Waals surface area contributed by atoms with Gasteiger partial charge in [-0.3, -0.25) is 0 Å². The lowest BCUT2D eigenvalue weighted by Crippen LogP contribution is -1.96. The van der Waals surface area contributed by atoms with E-state index in [9.17, 15) is 4.79 Å². The summed E-state index contributed by atoms with van der Waals surface area (Å²) in [5.74, 6) is 2.19. The first kappa shape index (κ1) is 8.32. The van der Waals surface area contributed by atoms with Crippen LogP contribution in [0.25, 0.3) is 0 Å². The topological polar surface area (TPSA) is 17.1 Å². The summed E-state index contributed by atoms with van der Waals surface area (Å²) < 4.78 is 0. The van der Waals surface area contributed by atoms with Crippen molar-refractivity contribution < 1.29 is 4.79 Å². The zero-order chi connectivity index (χ0) is 8.10. The van der Waals surface area contributed by atoms with Crippen molar-refractivity contribution >= 4 is 17.5 Å². The normalized spacial score (nSPS) is 22.3. The molecule has 0 heterocycles. The summed E-state index contributed by atoms with van der Waals surface area (Å²) in [6.45, 7) is 0. The van der Waals surface area contributed by atoms with E-state index in [0.717, 1.165) is 17.9 Å². The van der Waals surface area contributed by atoms with Crippen molar-refractivity contribution in [3.05, 3.63) is 29.3 Å². The molecule has 0 aliphatic heterocycles. The Kier molecular flexibility index (Phi) is 3.15. The summed E-state index contributed by atoms with van der Waals surface area (Å²) in [7, 11) is 0. The fraction of sp³-hybridized carbons (Fsp3) is 0.333. The van der Waals surface area contributed by atoms with Gasteiger partial charge in [0.05, 0.1) is 0 Å².